The van der Waals surface area contributed by atoms with Gasteiger partial charge in [-0.15, -0.1) is 0 Å². The molecule has 0 bridgehead atoms. The van der Waals surface area contributed by atoms with Crippen LogP contribution in [-0.4, -0.2) is 13.1 Å². The number of carbonyl (C=O) groups is 1. The van der Waals surface area contributed by atoms with E-state index < -0.39 is 5.60 Å². The molecule has 0 saturated heterocycles. The minimum Gasteiger partial charge on any atom is -0.496 e. The number of rotatable bonds is 9. The summed E-state index contributed by atoms with van der Waals surface area (Å²) in [6, 6.07) is 25.8. The molecule has 0 fully saturated rings. The first-order valence-electron chi connectivity index (χ1n) is 14.1. The van der Waals surface area contributed by atoms with Gasteiger partial charge in [0.2, 0.25) is 0 Å². The lowest BCUT2D eigenvalue weighted by Gasteiger charge is -2.37. The van der Waals surface area contributed by atoms with Gasteiger partial charge in [-0.25, -0.2) is 4.79 Å². The Morgan fingerprint density at radius 3 is 2.30 bits per heavy atom. The first-order chi connectivity index (χ1) is 19.5. The normalized spacial score (nSPS) is 16.5. The van der Waals surface area contributed by atoms with Crippen LogP contribution in [-0.2, 0) is 23.4 Å². The molecule has 2 aliphatic rings. The van der Waals surface area contributed by atoms with Gasteiger partial charge in [0.15, 0.2) is 5.60 Å². The van der Waals surface area contributed by atoms with Crippen LogP contribution in [0.5, 0.6) is 23.0 Å². The summed E-state index contributed by atoms with van der Waals surface area (Å²) >= 11 is 0. The minimum atomic E-state index is -1.12. The van der Waals surface area contributed by atoms with E-state index in [0.29, 0.717) is 29.4 Å². The number of hydrogen-bond donors (Lipinski definition) is 0. The molecule has 6 rings (SSSR count). The summed E-state index contributed by atoms with van der Waals surface area (Å²) in [5, 5.41) is 0. The average molecular weight is 535 g/mol. The van der Waals surface area contributed by atoms with Crippen molar-refractivity contribution in [2.45, 2.75) is 58.2 Å². The minimum absolute atomic E-state index is 0.336. The van der Waals surface area contributed by atoms with Crippen molar-refractivity contribution < 1.29 is 23.7 Å². The topological polar surface area (TPSA) is 54.0 Å². The molecular weight excluding hydrogens is 500 g/mol. The van der Waals surface area contributed by atoms with Crippen molar-refractivity contribution in [3.63, 3.8) is 0 Å². The summed E-state index contributed by atoms with van der Waals surface area (Å²) in [5.74, 6) is 2.38. The third-order valence-electron chi connectivity index (χ3n) is 7.95. The standard InChI is InChI=1S/C35H34O5/c1-4-5-6-10-15-25-19-29-33(21-31(25)38-22-24-13-8-7-9-14-24)39-32-20-30(37-3)23(2)18-28(32)35(29)27-17-12-11-16-26(27)34(36)40-35/h7-9,11-14,16-21H,4-6,10,15,22H2,1-3H3. The molecule has 0 amide bonds. The Bertz CT molecular complexity index is 1560. The SMILES string of the molecule is CCCCCCc1cc2c(cc1OCc1ccccc1)Oc1cc(OC)c(C)cc1C21OC(=O)c2ccccc21. The summed E-state index contributed by atoms with van der Waals surface area (Å²) in [5.41, 5.74) is 5.02. The summed E-state index contributed by atoms with van der Waals surface area (Å²) < 4.78 is 25.0. The summed E-state index contributed by atoms with van der Waals surface area (Å²) in [6.07, 6.45) is 5.42. The molecule has 2 heterocycles. The highest BCUT2D eigenvalue weighted by molar-refractivity contribution is 5.97. The molecule has 0 aromatic heterocycles. The lowest BCUT2D eigenvalue weighted by molar-refractivity contribution is 0.0223. The maximum Gasteiger partial charge on any atom is 0.340 e. The molecule has 1 unspecified atom stereocenters. The number of unbranched alkanes of at least 4 members (excludes halogenated alkanes) is 3. The van der Waals surface area contributed by atoms with Gasteiger partial charge < -0.3 is 18.9 Å². The molecule has 204 valence electrons. The van der Waals surface area contributed by atoms with Gasteiger partial charge in [0.05, 0.1) is 12.7 Å². The zero-order chi connectivity index (χ0) is 27.7. The molecule has 2 aliphatic heterocycles. The predicted molar refractivity (Wildman–Crippen MR) is 155 cm³/mol. The molecule has 4 aromatic carbocycles. The quantitative estimate of drug-likeness (QED) is 0.160. The second-order valence-electron chi connectivity index (χ2n) is 10.6. The zero-order valence-corrected chi connectivity index (χ0v) is 23.3. The maximum absolute atomic E-state index is 13.3. The van der Waals surface area contributed by atoms with E-state index in [9.17, 15) is 4.79 Å². The molecule has 5 nitrogen and oxygen atoms in total. The average Bonchev–Trinajstić information content (AvgIpc) is 3.28. The predicted octanol–water partition coefficient (Wildman–Crippen LogP) is 8.27. The highest BCUT2D eigenvalue weighted by Gasteiger charge is 2.54. The highest BCUT2D eigenvalue weighted by Crippen LogP contribution is 2.58. The number of benzene rings is 4. The maximum atomic E-state index is 13.3. The Morgan fingerprint density at radius 2 is 1.52 bits per heavy atom. The molecule has 0 N–H and O–H groups in total. The second-order valence-corrected chi connectivity index (χ2v) is 10.6. The zero-order valence-electron chi connectivity index (χ0n) is 23.3. The fourth-order valence-corrected chi connectivity index (χ4v) is 5.90. The molecule has 0 saturated carbocycles. The van der Waals surface area contributed by atoms with E-state index in [4.69, 9.17) is 18.9 Å². The molecular formula is C35H34O5. The van der Waals surface area contributed by atoms with E-state index in [1.165, 1.54) is 12.8 Å². The van der Waals surface area contributed by atoms with Crippen molar-refractivity contribution in [3.05, 3.63) is 118 Å². The van der Waals surface area contributed by atoms with Crippen molar-refractivity contribution in [3.8, 4) is 23.0 Å². The van der Waals surface area contributed by atoms with Crippen LogP contribution in [0.4, 0.5) is 0 Å². The summed E-state index contributed by atoms with van der Waals surface area (Å²) in [6.45, 7) is 4.66. The fourth-order valence-electron chi connectivity index (χ4n) is 5.90. The van der Waals surface area contributed by atoms with Crippen molar-refractivity contribution in [1.29, 1.82) is 0 Å². The molecule has 4 aromatic rings. The lowest BCUT2D eigenvalue weighted by Crippen LogP contribution is -2.33. The molecule has 1 spiro atoms. The Balaban J connectivity index is 1.52. The van der Waals surface area contributed by atoms with Crippen molar-refractivity contribution >= 4 is 5.97 Å². The smallest absolute Gasteiger partial charge is 0.340 e. The molecule has 5 heteroatoms. The number of aryl methyl sites for hydroxylation is 2. The van der Waals surface area contributed by atoms with Gasteiger partial charge in [0.25, 0.3) is 0 Å². The van der Waals surface area contributed by atoms with Crippen molar-refractivity contribution in [2.75, 3.05) is 7.11 Å². The summed E-state index contributed by atoms with van der Waals surface area (Å²) in [7, 11) is 1.65. The molecule has 40 heavy (non-hydrogen) atoms. The van der Waals surface area contributed by atoms with Crippen LogP contribution in [0.1, 0.15) is 76.3 Å². The van der Waals surface area contributed by atoms with Crippen LogP contribution in [0.15, 0.2) is 78.9 Å². The third-order valence-corrected chi connectivity index (χ3v) is 7.95. The van der Waals surface area contributed by atoms with Gasteiger partial charge in [-0.2, -0.15) is 0 Å². The molecule has 1 atom stereocenters. The number of ether oxygens (including phenoxy) is 4. The van der Waals surface area contributed by atoms with Gasteiger partial charge >= 0.3 is 5.97 Å². The second kappa shape index (κ2) is 10.7. The van der Waals surface area contributed by atoms with Crippen LogP contribution in [0.25, 0.3) is 0 Å². The van der Waals surface area contributed by atoms with E-state index in [1.807, 2.05) is 67.6 Å². The number of hydrogen-bond acceptors (Lipinski definition) is 5. The number of fused-ring (bicyclic) bond motifs is 6. The van der Waals surface area contributed by atoms with Crippen molar-refractivity contribution in [1.82, 2.24) is 0 Å². The van der Waals surface area contributed by atoms with Crippen LogP contribution in [0, 0.1) is 6.92 Å². The van der Waals surface area contributed by atoms with Crippen molar-refractivity contribution in [2.24, 2.45) is 0 Å². The Morgan fingerprint density at radius 1 is 0.800 bits per heavy atom. The lowest BCUT2D eigenvalue weighted by atomic mass is 9.76. The third kappa shape index (κ3) is 4.40. The Hall–Kier alpha value is -4.25. The van der Waals surface area contributed by atoms with E-state index in [1.54, 1.807) is 7.11 Å². The van der Waals surface area contributed by atoms with Crippen LogP contribution < -0.4 is 14.2 Å². The molecule has 0 radical (unpaired) electrons. The monoisotopic (exact) mass is 534 g/mol. The van der Waals surface area contributed by atoms with Gasteiger partial charge in [-0.1, -0.05) is 74.7 Å². The largest absolute Gasteiger partial charge is 0.496 e. The van der Waals surface area contributed by atoms with Crippen LogP contribution >= 0.6 is 0 Å². The van der Waals surface area contributed by atoms with E-state index in [-0.39, 0.29) is 5.97 Å². The number of esters is 1. The Kier molecular flexibility index (Phi) is 6.97. The van der Waals surface area contributed by atoms with Gasteiger partial charge in [0, 0.05) is 28.8 Å². The van der Waals surface area contributed by atoms with Gasteiger partial charge in [-0.3, -0.25) is 0 Å². The van der Waals surface area contributed by atoms with E-state index in [0.717, 1.165) is 58.4 Å². The first kappa shape index (κ1) is 26.0. The first-order valence-corrected chi connectivity index (χ1v) is 14.1. The van der Waals surface area contributed by atoms with Gasteiger partial charge in [-0.05, 0) is 54.7 Å². The highest BCUT2D eigenvalue weighted by atomic mass is 16.6. The number of carbonyl (C=O) groups excluding carboxylic acids is 1. The van der Waals surface area contributed by atoms with Gasteiger partial charge in [0.1, 0.15) is 29.6 Å². The van der Waals surface area contributed by atoms with Crippen LogP contribution in [0.2, 0.25) is 0 Å². The van der Waals surface area contributed by atoms with E-state index >= 15 is 0 Å². The van der Waals surface area contributed by atoms with E-state index in [2.05, 4.69) is 25.1 Å². The fraction of sp³-hybridized carbons (Fsp3) is 0.286. The Labute approximate surface area is 235 Å². The number of methoxy groups -OCH3 is 1. The molecule has 0 aliphatic carbocycles. The van der Waals surface area contributed by atoms with Crippen LogP contribution in [0.3, 0.4) is 0 Å². The summed E-state index contributed by atoms with van der Waals surface area (Å²) in [4.78, 5) is 13.3.